The van der Waals surface area contributed by atoms with E-state index in [-0.39, 0.29) is 17.9 Å². The lowest BCUT2D eigenvalue weighted by molar-refractivity contribution is 0.0934. The van der Waals surface area contributed by atoms with E-state index < -0.39 is 0 Å². The number of hydrogen-bond acceptors (Lipinski definition) is 1. The quantitative estimate of drug-likeness (QED) is 0.456. The number of halogens is 3. The molecule has 5 heteroatoms. The molecular weight excluding hydrogens is 413 g/mol. The van der Waals surface area contributed by atoms with Crippen LogP contribution < -0.4 is 5.32 Å². The highest BCUT2D eigenvalue weighted by molar-refractivity contribution is 6.33. The lowest BCUT2D eigenvalue weighted by Gasteiger charge is -2.26. The fourth-order valence-corrected chi connectivity index (χ4v) is 3.67. The summed E-state index contributed by atoms with van der Waals surface area (Å²) >= 11 is 18.2. The molecule has 0 fully saturated rings. The molecule has 0 saturated heterocycles. The van der Waals surface area contributed by atoms with Crippen LogP contribution in [0.2, 0.25) is 15.1 Å². The van der Waals surface area contributed by atoms with Crippen LogP contribution in [0.15, 0.2) is 72.8 Å². The van der Waals surface area contributed by atoms with E-state index in [1.54, 1.807) is 24.3 Å². The summed E-state index contributed by atoms with van der Waals surface area (Å²) < 4.78 is 0. The van der Waals surface area contributed by atoms with Gasteiger partial charge in [-0.15, -0.1) is 0 Å². The molecule has 3 aromatic rings. The first-order valence-corrected chi connectivity index (χ1v) is 10.1. The van der Waals surface area contributed by atoms with Crippen molar-refractivity contribution in [3.05, 3.63) is 105 Å². The Kier molecular flexibility index (Phi) is 7.01. The van der Waals surface area contributed by atoms with Gasteiger partial charge in [-0.25, -0.2) is 0 Å². The first kappa shape index (κ1) is 20.7. The molecule has 3 rings (SSSR count). The van der Waals surface area contributed by atoms with Crippen LogP contribution in [-0.4, -0.2) is 11.9 Å². The topological polar surface area (TPSA) is 29.1 Å². The molecule has 2 nitrogen and oxygen atoms in total. The van der Waals surface area contributed by atoms with Gasteiger partial charge in [0.05, 0.1) is 10.6 Å². The van der Waals surface area contributed by atoms with Crippen LogP contribution in [0.1, 0.15) is 34.3 Å². The number of rotatable bonds is 6. The second-order valence-electron chi connectivity index (χ2n) is 6.73. The third-order valence-electron chi connectivity index (χ3n) is 4.75. The zero-order chi connectivity index (χ0) is 20.1. The molecule has 0 radical (unpaired) electrons. The smallest absolute Gasteiger partial charge is 0.253 e. The Labute approximate surface area is 180 Å². The molecule has 2 unspecified atom stereocenters. The van der Waals surface area contributed by atoms with Crippen molar-refractivity contribution in [3.8, 4) is 0 Å². The molecule has 0 bridgehead atoms. The summed E-state index contributed by atoms with van der Waals surface area (Å²) in [5.41, 5.74) is 2.71. The van der Waals surface area contributed by atoms with Gasteiger partial charge in [-0.3, -0.25) is 4.79 Å². The fraction of sp³-hybridized carbons (Fsp3) is 0.174. The summed E-state index contributed by atoms with van der Waals surface area (Å²) in [4.78, 5) is 12.7. The van der Waals surface area contributed by atoms with E-state index in [4.69, 9.17) is 34.8 Å². The van der Waals surface area contributed by atoms with Crippen molar-refractivity contribution in [2.75, 3.05) is 0 Å². The molecule has 1 N–H and O–H groups in total. The summed E-state index contributed by atoms with van der Waals surface area (Å²) in [5, 5.41) is 4.92. The molecule has 0 spiro atoms. The van der Waals surface area contributed by atoms with Crippen LogP contribution in [0, 0.1) is 0 Å². The third-order valence-corrected chi connectivity index (χ3v) is 5.58. The SMILES string of the molecule is CC(NC(=O)c1ccccc1Cl)C(Cc1ccc(Cl)cc1)c1ccc(Cl)cc1. The van der Waals surface area contributed by atoms with Gasteiger partial charge >= 0.3 is 0 Å². The molecule has 28 heavy (non-hydrogen) atoms. The van der Waals surface area contributed by atoms with Crippen LogP contribution in [0.5, 0.6) is 0 Å². The van der Waals surface area contributed by atoms with Crippen LogP contribution >= 0.6 is 34.8 Å². The maximum atomic E-state index is 12.7. The number of carbonyl (C=O) groups excluding carboxylic acids is 1. The lowest BCUT2D eigenvalue weighted by atomic mass is 9.86. The van der Waals surface area contributed by atoms with Gasteiger partial charge in [0.15, 0.2) is 0 Å². The highest BCUT2D eigenvalue weighted by Gasteiger charge is 2.23. The molecule has 0 saturated carbocycles. The normalized spacial score (nSPS) is 13.0. The fourth-order valence-electron chi connectivity index (χ4n) is 3.20. The first-order valence-electron chi connectivity index (χ1n) is 8.99. The molecule has 0 aliphatic carbocycles. The van der Waals surface area contributed by atoms with Gasteiger partial charge in [0.1, 0.15) is 0 Å². The number of carbonyl (C=O) groups is 1. The van der Waals surface area contributed by atoms with Crippen LogP contribution in [-0.2, 0) is 6.42 Å². The number of hydrogen-bond donors (Lipinski definition) is 1. The van der Waals surface area contributed by atoms with E-state index in [0.29, 0.717) is 20.6 Å². The van der Waals surface area contributed by atoms with Crippen molar-refractivity contribution in [3.63, 3.8) is 0 Å². The second kappa shape index (κ2) is 9.47. The minimum Gasteiger partial charge on any atom is -0.349 e. The van der Waals surface area contributed by atoms with Gasteiger partial charge in [-0.2, -0.15) is 0 Å². The van der Waals surface area contributed by atoms with Crippen molar-refractivity contribution < 1.29 is 4.79 Å². The van der Waals surface area contributed by atoms with E-state index in [1.807, 2.05) is 55.5 Å². The molecule has 0 aliphatic rings. The molecular formula is C23H20Cl3NO. The van der Waals surface area contributed by atoms with E-state index in [9.17, 15) is 4.79 Å². The van der Waals surface area contributed by atoms with Gasteiger partial charge in [-0.1, -0.05) is 71.2 Å². The predicted octanol–water partition coefficient (Wildman–Crippen LogP) is 6.79. The molecule has 2 atom stereocenters. The number of nitrogens with one attached hydrogen (secondary N) is 1. The number of benzene rings is 3. The van der Waals surface area contributed by atoms with Gasteiger partial charge in [-0.05, 0) is 60.9 Å². The number of amides is 1. The summed E-state index contributed by atoms with van der Waals surface area (Å²) in [6, 6.07) is 22.4. The molecule has 0 heterocycles. The average Bonchev–Trinajstić information content (AvgIpc) is 2.68. The van der Waals surface area contributed by atoms with Gasteiger partial charge < -0.3 is 5.32 Å². The lowest BCUT2D eigenvalue weighted by Crippen LogP contribution is -2.38. The predicted molar refractivity (Wildman–Crippen MR) is 118 cm³/mol. The third kappa shape index (κ3) is 5.29. The second-order valence-corrected chi connectivity index (χ2v) is 8.01. The maximum Gasteiger partial charge on any atom is 0.253 e. The zero-order valence-electron chi connectivity index (χ0n) is 15.3. The minimum atomic E-state index is -0.187. The molecule has 144 valence electrons. The Morgan fingerprint density at radius 2 is 1.43 bits per heavy atom. The Hall–Kier alpha value is -2.00. The maximum absolute atomic E-state index is 12.7. The Bertz CT molecular complexity index is 939. The van der Waals surface area contributed by atoms with E-state index in [0.717, 1.165) is 17.5 Å². The molecule has 1 amide bonds. The molecule has 3 aromatic carbocycles. The Balaban J connectivity index is 1.84. The Morgan fingerprint density at radius 3 is 2.04 bits per heavy atom. The van der Waals surface area contributed by atoms with Crippen molar-refractivity contribution in [1.29, 1.82) is 0 Å². The van der Waals surface area contributed by atoms with Gasteiger partial charge in [0, 0.05) is 22.0 Å². The van der Waals surface area contributed by atoms with Crippen LogP contribution in [0.4, 0.5) is 0 Å². The van der Waals surface area contributed by atoms with Crippen LogP contribution in [0.25, 0.3) is 0 Å². The van der Waals surface area contributed by atoms with E-state index >= 15 is 0 Å². The average molecular weight is 433 g/mol. The summed E-state index contributed by atoms with van der Waals surface area (Å²) in [5.74, 6) is -0.127. The Morgan fingerprint density at radius 1 is 0.857 bits per heavy atom. The van der Waals surface area contributed by atoms with Crippen molar-refractivity contribution in [1.82, 2.24) is 5.32 Å². The zero-order valence-corrected chi connectivity index (χ0v) is 17.6. The van der Waals surface area contributed by atoms with Crippen molar-refractivity contribution in [2.45, 2.75) is 25.3 Å². The first-order chi connectivity index (χ1) is 13.4. The summed E-state index contributed by atoms with van der Waals surface area (Å²) in [6.07, 6.45) is 0.753. The highest BCUT2D eigenvalue weighted by atomic mass is 35.5. The standard InChI is InChI=1S/C23H20Cl3NO/c1-15(27-23(28)20-4-2-3-5-22(20)26)21(17-8-12-19(25)13-9-17)14-16-6-10-18(24)11-7-16/h2-13,15,21H,14H2,1H3,(H,27,28). The van der Waals surface area contributed by atoms with E-state index in [2.05, 4.69) is 5.32 Å². The largest absolute Gasteiger partial charge is 0.349 e. The van der Waals surface area contributed by atoms with Crippen LogP contribution in [0.3, 0.4) is 0 Å². The highest BCUT2D eigenvalue weighted by Crippen LogP contribution is 2.27. The van der Waals surface area contributed by atoms with Crippen molar-refractivity contribution in [2.24, 2.45) is 0 Å². The molecule has 0 aromatic heterocycles. The monoisotopic (exact) mass is 431 g/mol. The van der Waals surface area contributed by atoms with E-state index in [1.165, 1.54) is 0 Å². The summed E-state index contributed by atoms with van der Waals surface area (Å²) in [6.45, 7) is 2.00. The van der Waals surface area contributed by atoms with Gasteiger partial charge in [0.25, 0.3) is 5.91 Å². The van der Waals surface area contributed by atoms with Gasteiger partial charge in [0.2, 0.25) is 0 Å². The minimum absolute atomic E-state index is 0.0601. The van der Waals surface area contributed by atoms with Crippen molar-refractivity contribution >= 4 is 40.7 Å². The summed E-state index contributed by atoms with van der Waals surface area (Å²) in [7, 11) is 0. The molecule has 0 aliphatic heterocycles.